The highest BCUT2D eigenvalue weighted by Gasteiger charge is 2.48. The lowest BCUT2D eigenvalue weighted by molar-refractivity contribution is -0.125. The Morgan fingerprint density at radius 3 is 2.54 bits per heavy atom. The van der Waals surface area contributed by atoms with Gasteiger partial charge in [-0.15, -0.1) is 11.3 Å². The number of carbonyl (C=O) groups excluding carboxylic acids is 4. The maximum Gasteiger partial charge on any atom is 0.322 e. The zero-order chi connectivity index (χ0) is 19.7. The average molecular weight is 398 g/mol. The van der Waals surface area contributed by atoms with Gasteiger partial charge >= 0.3 is 6.03 Å². The van der Waals surface area contributed by atoms with Gasteiger partial charge in [-0.1, -0.05) is 12.1 Å². The van der Waals surface area contributed by atoms with Crippen molar-refractivity contribution in [2.24, 2.45) is 0 Å². The first-order chi connectivity index (χ1) is 13.5. The first-order valence-corrected chi connectivity index (χ1v) is 9.73. The van der Waals surface area contributed by atoms with E-state index in [2.05, 4.69) is 16.0 Å². The van der Waals surface area contributed by atoms with Crippen LogP contribution in [-0.2, 0) is 4.79 Å². The van der Waals surface area contributed by atoms with Crippen molar-refractivity contribution < 1.29 is 19.2 Å². The predicted octanol–water partition coefficient (Wildman–Crippen LogP) is 1.81. The van der Waals surface area contributed by atoms with Gasteiger partial charge in [-0.3, -0.25) is 19.7 Å². The molecule has 2 aliphatic heterocycles. The van der Waals surface area contributed by atoms with E-state index in [0.717, 1.165) is 0 Å². The van der Waals surface area contributed by atoms with E-state index in [1.165, 1.54) is 11.3 Å². The molecule has 0 bridgehead atoms. The largest absolute Gasteiger partial charge is 0.338 e. The fourth-order valence-electron chi connectivity index (χ4n) is 3.48. The standard InChI is InChI=1S/C19H18N4O4S/c24-15(14-5-2-10-28-14)20-13-4-1-3-12(11-13)16(25)23-8-6-19(7-9-23)17(26)21-18(27)22-19/h1-5,10-11H,6-9H2,(H,20,24)(H2,21,22,26,27). The third-order valence-corrected chi connectivity index (χ3v) is 5.90. The van der Waals surface area contributed by atoms with E-state index >= 15 is 0 Å². The molecule has 2 aromatic rings. The minimum atomic E-state index is -0.912. The third kappa shape index (κ3) is 3.36. The van der Waals surface area contributed by atoms with E-state index in [4.69, 9.17) is 0 Å². The number of nitrogens with zero attached hydrogens (tertiary/aromatic N) is 1. The number of hydrogen-bond donors (Lipinski definition) is 3. The molecule has 8 nitrogen and oxygen atoms in total. The molecule has 1 aromatic carbocycles. The van der Waals surface area contributed by atoms with Crippen LogP contribution in [0.2, 0.25) is 0 Å². The summed E-state index contributed by atoms with van der Waals surface area (Å²) in [7, 11) is 0. The summed E-state index contributed by atoms with van der Waals surface area (Å²) in [5.41, 5.74) is 0.0877. The lowest BCUT2D eigenvalue weighted by Crippen LogP contribution is -2.55. The van der Waals surface area contributed by atoms with Gasteiger partial charge in [0.2, 0.25) is 0 Å². The monoisotopic (exact) mass is 398 g/mol. The van der Waals surface area contributed by atoms with Crippen LogP contribution in [0.1, 0.15) is 32.9 Å². The number of carbonyl (C=O) groups is 4. The summed E-state index contributed by atoms with van der Waals surface area (Å²) in [6.07, 6.45) is 0.732. The Labute approximate surface area is 164 Å². The number of rotatable bonds is 3. The van der Waals surface area contributed by atoms with Crippen molar-refractivity contribution in [3.8, 4) is 0 Å². The molecule has 2 fully saturated rings. The zero-order valence-corrected chi connectivity index (χ0v) is 15.7. The number of nitrogens with one attached hydrogen (secondary N) is 3. The van der Waals surface area contributed by atoms with E-state index in [0.29, 0.717) is 42.1 Å². The van der Waals surface area contributed by atoms with E-state index in [9.17, 15) is 19.2 Å². The summed E-state index contributed by atoms with van der Waals surface area (Å²) in [4.78, 5) is 50.7. The van der Waals surface area contributed by atoms with Crippen LogP contribution in [0.25, 0.3) is 0 Å². The van der Waals surface area contributed by atoms with Crippen molar-refractivity contribution in [2.75, 3.05) is 18.4 Å². The molecule has 144 valence electrons. The number of anilines is 1. The lowest BCUT2D eigenvalue weighted by atomic mass is 9.87. The molecule has 4 rings (SSSR count). The fraction of sp³-hybridized carbons (Fsp3) is 0.263. The van der Waals surface area contributed by atoms with Crippen LogP contribution in [0, 0.1) is 0 Å². The van der Waals surface area contributed by atoms with Crippen molar-refractivity contribution in [2.45, 2.75) is 18.4 Å². The Balaban J connectivity index is 1.42. The molecule has 2 aliphatic rings. The minimum Gasteiger partial charge on any atom is -0.338 e. The second-order valence-electron chi connectivity index (χ2n) is 6.79. The highest BCUT2D eigenvalue weighted by atomic mass is 32.1. The molecule has 5 amide bonds. The van der Waals surface area contributed by atoms with Crippen molar-refractivity contribution in [1.29, 1.82) is 0 Å². The molecule has 3 heterocycles. The molecule has 9 heteroatoms. The number of amides is 5. The maximum absolute atomic E-state index is 12.8. The Kier molecular flexibility index (Phi) is 4.60. The van der Waals surface area contributed by atoms with Crippen LogP contribution in [0.15, 0.2) is 41.8 Å². The molecule has 0 unspecified atom stereocenters. The summed E-state index contributed by atoms with van der Waals surface area (Å²) in [5, 5.41) is 9.55. The van der Waals surface area contributed by atoms with Gasteiger partial charge in [-0.05, 0) is 42.5 Å². The molecule has 3 N–H and O–H groups in total. The number of benzene rings is 1. The van der Waals surface area contributed by atoms with Gasteiger partial charge in [0.25, 0.3) is 17.7 Å². The second-order valence-corrected chi connectivity index (χ2v) is 7.74. The molecule has 2 saturated heterocycles. The maximum atomic E-state index is 12.8. The van der Waals surface area contributed by atoms with Crippen LogP contribution < -0.4 is 16.0 Å². The van der Waals surface area contributed by atoms with Crippen LogP contribution in [0.5, 0.6) is 0 Å². The van der Waals surface area contributed by atoms with Crippen LogP contribution >= 0.6 is 11.3 Å². The molecule has 1 aromatic heterocycles. The number of piperidine rings is 1. The molecule has 1 spiro atoms. The summed E-state index contributed by atoms with van der Waals surface area (Å²) in [6.45, 7) is 0.719. The number of urea groups is 1. The smallest absolute Gasteiger partial charge is 0.322 e. The van der Waals surface area contributed by atoms with E-state index in [1.807, 2.05) is 5.38 Å². The normalized spacial score (nSPS) is 17.9. The number of hydrogen-bond acceptors (Lipinski definition) is 5. The molecular formula is C19H18N4O4S. The Morgan fingerprint density at radius 1 is 1.11 bits per heavy atom. The third-order valence-electron chi connectivity index (χ3n) is 5.03. The molecule has 0 saturated carbocycles. The van der Waals surface area contributed by atoms with Gasteiger partial charge in [0.1, 0.15) is 5.54 Å². The topological polar surface area (TPSA) is 108 Å². The van der Waals surface area contributed by atoms with Gasteiger partial charge in [-0.25, -0.2) is 4.79 Å². The van der Waals surface area contributed by atoms with Crippen molar-refractivity contribution >= 4 is 40.8 Å². The molecule has 0 radical (unpaired) electrons. The van der Waals surface area contributed by atoms with Gasteiger partial charge < -0.3 is 15.5 Å². The Morgan fingerprint density at radius 2 is 1.89 bits per heavy atom. The average Bonchev–Trinajstić information content (AvgIpc) is 3.31. The SMILES string of the molecule is O=C1NC(=O)C2(CCN(C(=O)c3cccc(NC(=O)c4cccs4)c3)CC2)N1. The van der Waals surface area contributed by atoms with Crippen LogP contribution in [-0.4, -0.2) is 47.3 Å². The lowest BCUT2D eigenvalue weighted by Gasteiger charge is -2.37. The van der Waals surface area contributed by atoms with Crippen LogP contribution in [0.3, 0.4) is 0 Å². The first kappa shape index (κ1) is 18.2. The minimum absolute atomic E-state index is 0.174. The predicted molar refractivity (Wildman–Crippen MR) is 103 cm³/mol. The quantitative estimate of drug-likeness (QED) is 0.686. The van der Waals surface area contributed by atoms with Crippen molar-refractivity contribution in [1.82, 2.24) is 15.5 Å². The van der Waals surface area contributed by atoms with Crippen molar-refractivity contribution in [3.05, 3.63) is 52.2 Å². The first-order valence-electron chi connectivity index (χ1n) is 8.85. The van der Waals surface area contributed by atoms with E-state index < -0.39 is 11.6 Å². The summed E-state index contributed by atoms with van der Waals surface area (Å²) in [5.74, 6) is -0.725. The summed E-state index contributed by atoms with van der Waals surface area (Å²) >= 11 is 1.34. The Hall–Kier alpha value is -3.20. The van der Waals surface area contributed by atoms with Gasteiger partial charge in [0, 0.05) is 24.3 Å². The highest BCUT2D eigenvalue weighted by molar-refractivity contribution is 7.12. The number of thiophene rings is 1. The van der Waals surface area contributed by atoms with Gasteiger partial charge in [-0.2, -0.15) is 0 Å². The van der Waals surface area contributed by atoms with Crippen LogP contribution in [0.4, 0.5) is 10.5 Å². The molecular weight excluding hydrogens is 380 g/mol. The van der Waals surface area contributed by atoms with Crippen molar-refractivity contribution in [3.63, 3.8) is 0 Å². The molecule has 28 heavy (non-hydrogen) atoms. The zero-order valence-electron chi connectivity index (χ0n) is 14.9. The van der Waals surface area contributed by atoms with Gasteiger partial charge in [0.15, 0.2) is 0 Å². The second kappa shape index (κ2) is 7.08. The molecule has 0 aliphatic carbocycles. The molecule has 0 atom stereocenters. The highest BCUT2D eigenvalue weighted by Crippen LogP contribution is 2.26. The summed E-state index contributed by atoms with van der Waals surface area (Å²) in [6, 6.07) is 9.82. The van der Waals surface area contributed by atoms with E-state index in [1.54, 1.807) is 41.3 Å². The number of likely N-dealkylation sites (tertiary alicyclic amines) is 1. The number of imide groups is 1. The van der Waals surface area contributed by atoms with E-state index in [-0.39, 0.29) is 17.7 Å². The summed E-state index contributed by atoms with van der Waals surface area (Å²) < 4.78 is 0. The van der Waals surface area contributed by atoms with Gasteiger partial charge in [0.05, 0.1) is 4.88 Å². The Bertz CT molecular complexity index is 949. The fourth-order valence-corrected chi connectivity index (χ4v) is 4.10.